The molecule has 1 aliphatic rings. The highest BCUT2D eigenvalue weighted by Crippen LogP contribution is 2.19. The molecule has 2 atom stereocenters. The Balaban J connectivity index is 1.48. The highest BCUT2D eigenvalue weighted by Gasteiger charge is 2.28. The Hall–Kier alpha value is -2.51. The summed E-state index contributed by atoms with van der Waals surface area (Å²) in [5, 5.41) is 3.38. The normalized spacial score (nSPS) is 18.5. The van der Waals surface area contributed by atoms with Crippen LogP contribution in [-0.4, -0.2) is 54.7 Å². The molecular formula is C23H31FN4O2. The average Bonchev–Trinajstić information content (AvgIpc) is 3.10. The lowest BCUT2D eigenvalue weighted by Crippen LogP contribution is -2.36. The maximum atomic E-state index is 13.3. The fourth-order valence-electron chi connectivity index (χ4n) is 3.95. The summed E-state index contributed by atoms with van der Waals surface area (Å²) in [5.41, 5.74) is 8.84. The highest BCUT2D eigenvalue weighted by atomic mass is 19.1. The van der Waals surface area contributed by atoms with E-state index in [0.29, 0.717) is 37.9 Å². The van der Waals surface area contributed by atoms with Gasteiger partial charge in [-0.05, 0) is 55.2 Å². The molecule has 6 nitrogen and oxygen atoms in total. The van der Waals surface area contributed by atoms with Crippen LogP contribution in [0, 0.1) is 18.7 Å². The van der Waals surface area contributed by atoms with Crippen LogP contribution in [0.3, 0.4) is 0 Å². The first kappa shape index (κ1) is 22.2. The van der Waals surface area contributed by atoms with Gasteiger partial charge >= 0.3 is 0 Å². The van der Waals surface area contributed by atoms with Crippen molar-refractivity contribution in [3.63, 3.8) is 0 Å². The van der Waals surface area contributed by atoms with Crippen LogP contribution in [0.5, 0.6) is 0 Å². The van der Waals surface area contributed by atoms with Crippen LogP contribution in [-0.2, 0) is 22.4 Å². The Morgan fingerprint density at radius 1 is 1.30 bits per heavy atom. The molecular weight excluding hydrogens is 383 g/mol. The van der Waals surface area contributed by atoms with Crippen LogP contribution in [0.25, 0.3) is 0 Å². The molecule has 1 aromatic carbocycles. The number of amides is 1. The molecule has 1 aliphatic heterocycles. The molecule has 1 saturated heterocycles. The van der Waals surface area contributed by atoms with Gasteiger partial charge in [-0.1, -0.05) is 12.1 Å². The van der Waals surface area contributed by atoms with Crippen molar-refractivity contribution in [2.24, 2.45) is 5.92 Å². The minimum atomic E-state index is -0.255. The molecule has 7 heteroatoms. The molecule has 1 fully saturated rings. The lowest BCUT2D eigenvalue weighted by Gasteiger charge is -2.24. The van der Waals surface area contributed by atoms with E-state index < -0.39 is 0 Å². The molecule has 1 aromatic heterocycles. The minimum Gasteiger partial charge on any atom is -0.384 e. The van der Waals surface area contributed by atoms with Gasteiger partial charge < -0.3 is 20.7 Å². The number of halogens is 1. The molecule has 3 N–H and O–H groups in total. The van der Waals surface area contributed by atoms with E-state index in [1.165, 1.54) is 12.1 Å². The number of benzene rings is 1. The second kappa shape index (κ2) is 10.5. The number of ether oxygens (including phenoxy) is 1. The highest BCUT2D eigenvalue weighted by molar-refractivity contribution is 5.73. The van der Waals surface area contributed by atoms with Crippen LogP contribution in [0.15, 0.2) is 36.4 Å². The number of aryl methyl sites for hydroxylation is 1. The molecule has 0 saturated carbocycles. The lowest BCUT2D eigenvalue weighted by molar-refractivity contribution is -0.130. The Bertz CT molecular complexity index is 841. The molecule has 0 bridgehead atoms. The number of anilines is 1. The zero-order chi connectivity index (χ0) is 21.5. The van der Waals surface area contributed by atoms with E-state index in [4.69, 9.17) is 10.5 Å². The van der Waals surface area contributed by atoms with Crippen molar-refractivity contribution in [2.75, 3.05) is 38.5 Å². The van der Waals surface area contributed by atoms with Gasteiger partial charge in [-0.2, -0.15) is 0 Å². The average molecular weight is 415 g/mol. The van der Waals surface area contributed by atoms with Crippen molar-refractivity contribution in [3.8, 4) is 0 Å². The minimum absolute atomic E-state index is 0.00413. The van der Waals surface area contributed by atoms with Crippen LogP contribution < -0.4 is 11.1 Å². The van der Waals surface area contributed by atoms with Crippen molar-refractivity contribution in [2.45, 2.75) is 32.8 Å². The van der Waals surface area contributed by atoms with Crippen LogP contribution in [0.2, 0.25) is 0 Å². The summed E-state index contributed by atoms with van der Waals surface area (Å²) in [6.07, 6.45) is 1.50. The van der Waals surface area contributed by atoms with Crippen molar-refractivity contribution in [3.05, 3.63) is 59.0 Å². The van der Waals surface area contributed by atoms with E-state index in [-0.39, 0.29) is 17.8 Å². The fourth-order valence-corrected chi connectivity index (χ4v) is 3.95. The summed E-state index contributed by atoms with van der Waals surface area (Å²) in [6, 6.07) is 10.4. The molecule has 0 aliphatic carbocycles. The number of nitrogen functional groups attached to an aromatic ring is 1. The van der Waals surface area contributed by atoms with Crippen LogP contribution in [0.1, 0.15) is 23.7 Å². The number of pyridine rings is 1. The molecule has 1 amide bonds. The number of carbonyl (C=O) groups is 1. The number of nitrogens with one attached hydrogen (secondary N) is 1. The second-order valence-electron chi connectivity index (χ2n) is 7.98. The molecule has 2 aromatic rings. The predicted octanol–water partition coefficient (Wildman–Crippen LogP) is 2.35. The Kier molecular flexibility index (Phi) is 7.76. The van der Waals surface area contributed by atoms with Gasteiger partial charge in [0.2, 0.25) is 5.91 Å². The quantitative estimate of drug-likeness (QED) is 0.658. The van der Waals surface area contributed by atoms with Crippen molar-refractivity contribution in [1.29, 1.82) is 0 Å². The first-order chi connectivity index (χ1) is 14.4. The lowest BCUT2D eigenvalue weighted by atomic mass is 9.99. The summed E-state index contributed by atoms with van der Waals surface area (Å²) in [5.74, 6) is 0.603. The fraction of sp³-hybridized carbons (Fsp3) is 0.478. The van der Waals surface area contributed by atoms with Gasteiger partial charge in [-0.15, -0.1) is 0 Å². The van der Waals surface area contributed by atoms with Crippen molar-refractivity contribution < 1.29 is 13.9 Å². The molecule has 2 heterocycles. The second-order valence-corrected chi connectivity index (χ2v) is 7.98. The van der Waals surface area contributed by atoms with E-state index in [2.05, 4.69) is 16.4 Å². The maximum absolute atomic E-state index is 13.3. The molecule has 0 spiro atoms. The maximum Gasteiger partial charge on any atom is 0.219 e. The van der Waals surface area contributed by atoms with E-state index in [9.17, 15) is 9.18 Å². The summed E-state index contributed by atoms with van der Waals surface area (Å²) >= 11 is 0. The van der Waals surface area contributed by atoms with Crippen molar-refractivity contribution >= 4 is 11.7 Å². The molecule has 0 unspecified atom stereocenters. The van der Waals surface area contributed by atoms with Gasteiger partial charge in [0.25, 0.3) is 0 Å². The number of hydrogen-bond donors (Lipinski definition) is 2. The predicted molar refractivity (Wildman–Crippen MR) is 116 cm³/mol. The van der Waals surface area contributed by atoms with Gasteiger partial charge in [0.05, 0.1) is 12.7 Å². The smallest absolute Gasteiger partial charge is 0.219 e. The van der Waals surface area contributed by atoms with Crippen LogP contribution >= 0.6 is 0 Å². The summed E-state index contributed by atoms with van der Waals surface area (Å²) in [4.78, 5) is 18.2. The number of nitrogens with zero attached hydrogens (tertiary/aromatic N) is 2. The largest absolute Gasteiger partial charge is 0.384 e. The summed E-state index contributed by atoms with van der Waals surface area (Å²) in [7, 11) is 0. The summed E-state index contributed by atoms with van der Waals surface area (Å²) < 4.78 is 19.5. The Morgan fingerprint density at radius 3 is 2.87 bits per heavy atom. The zero-order valence-electron chi connectivity index (χ0n) is 17.7. The van der Waals surface area contributed by atoms with E-state index in [0.717, 1.165) is 36.3 Å². The third-order valence-corrected chi connectivity index (χ3v) is 5.49. The first-order valence-corrected chi connectivity index (χ1v) is 10.5. The standard InChI is InChI=1S/C23H31FN4O2/c1-16-10-21(27-23(25)11-16)13-19-14-26-15-22(19)30-9-8-28(17(2)29)7-6-18-4-3-5-20(24)12-18/h3-5,10-12,19,22,26H,6-9,13-15H2,1-2H3,(H2,25,27)/t19-,22+/m1/s1. The molecule has 162 valence electrons. The molecule has 3 rings (SSSR count). The topological polar surface area (TPSA) is 80.5 Å². The monoisotopic (exact) mass is 414 g/mol. The number of carbonyl (C=O) groups excluding carboxylic acids is 1. The Labute approximate surface area is 177 Å². The van der Waals surface area contributed by atoms with E-state index >= 15 is 0 Å². The van der Waals surface area contributed by atoms with Gasteiger partial charge in [-0.25, -0.2) is 9.37 Å². The molecule has 0 radical (unpaired) electrons. The number of nitrogens with two attached hydrogens (primary N) is 1. The third-order valence-electron chi connectivity index (χ3n) is 5.49. The van der Waals surface area contributed by atoms with Crippen LogP contribution in [0.4, 0.5) is 10.2 Å². The Morgan fingerprint density at radius 2 is 2.13 bits per heavy atom. The number of hydrogen-bond acceptors (Lipinski definition) is 5. The SMILES string of the molecule is CC(=O)N(CCO[C@H]1CNC[C@H]1Cc1cc(C)cc(N)n1)CCc1cccc(F)c1. The third kappa shape index (κ3) is 6.50. The zero-order valence-corrected chi connectivity index (χ0v) is 17.7. The number of aromatic nitrogens is 1. The van der Waals surface area contributed by atoms with E-state index in [1.807, 2.05) is 19.1 Å². The van der Waals surface area contributed by atoms with Gasteiger partial charge in [0, 0.05) is 44.7 Å². The first-order valence-electron chi connectivity index (χ1n) is 10.5. The molecule has 30 heavy (non-hydrogen) atoms. The number of rotatable bonds is 9. The van der Waals surface area contributed by atoms with Crippen molar-refractivity contribution in [1.82, 2.24) is 15.2 Å². The van der Waals surface area contributed by atoms with Gasteiger partial charge in [0.1, 0.15) is 11.6 Å². The van der Waals surface area contributed by atoms with E-state index in [1.54, 1.807) is 17.9 Å². The van der Waals surface area contributed by atoms with Gasteiger partial charge in [0.15, 0.2) is 0 Å². The summed E-state index contributed by atoms with van der Waals surface area (Å²) in [6.45, 7) is 6.76. The van der Waals surface area contributed by atoms with Gasteiger partial charge in [-0.3, -0.25) is 4.79 Å².